The maximum atomic E-state index is 11.7. The molecule has 0 bridgehead atoms. The summed E-state index contributed by atoms with van der Waals surface area (Å²) in [5.41, 5.74) is 1.58. The summed E-state index contributed by atoms with van der Waals surface area (Å²) in [4.78, 5) is 11.7. The Morgan fingerprint density at radius 2 is 1.76 bits per heavy atom. The average molecular weight is 283 g/mol. The molecular weight excluding hydrogens is 266 g/mol. The van der Waals surface area contributed by atoms with Crippen LogP contribution in [0.15, 0.2) is 60.7 Å². The highest BCUT2D eigenvalue weighted by molar-refractivity contribution is 5.91. The van der Waals surface area contributed by atoms with Crippen LogP contribution < -0.4 is 5.32 Å². The Bertz CT molecular complexity index is 606. The smallest absolute Gasteiger partial charge is 0.244 e. The molecule has 4 nitrogen and oxygen atoms in total. The van der Waals surface area contributed by atoms with Crippen LogP contribution in [0.4, 0.5) is 0 Å². The van der Waals surface area contributed by atoms with E-state index in [1.54, 1.807) is 18.2 Å². The molecule has 2 rings (SSSR count). The van der Waals surface area contributed by atoms with Gasteiger partial charge in [0, 0.05) is 12.6 Å². The topological polar surface area (TPSA) is 69.6 Å². The van der Waals surface area contributed by atoms with Gasteiger partial charge >= 0.3 is 0 Å². The number of amides is 1. The van der Waals surface area contributed by atoms with Crippen molar-refractivity contribution in [3.8, 4) is 5.75 Å². The van der Waals surface area contributed by atoms with Crippen molar-refractivity contribution in [3.05, 3.63) is 71.8 Å². The summed E-state index contributed by atoms with van der Waals surface area (Å²) in [6, 6.07) is 15.7. The molecule has 0 aromatic heterocycles. The number of aliphatic hydroxyl groups excluding tert-OH is 1. The van der Waals surface area contributed by atoms with Crippen LogP contribution in [0.5, 0.6) is 5.75 Å². The van der Waals surface area contributed by atoms with Crippen LogP contribution in [0.25, 0.3) is 6.08 Å². The number of hydrogen-bond acceptors (Lipinski definition) is 3. The molecular formula is C17H17NO3. The number of phenolic OH excluding ortho intramolecular Hbond substituents is 1. The second-order valence-electron chi connectivity index (χ2n) is 4.60. The number of benzene rings is 2. The van der Waals surface area contributed by atoms with E-state index in [2.05, 4.69) is 5.32 Å². The van der Waals surface area contributed by atoms with Crippen molar-refractivity contribution in [3.63, 3.8) is 0 Å². The van der Waals surface area contributed by atoms with Gasteiger partial charge in [0.15, 0.2) is 0 Å². The molecule has 1 atom stereocenters. The number of carbonyl (C=O) groups excluding carboxylic acids is 1. The number of hydrogen-bond donors (Lipinski definition) is 3. The minimum Gasteiger partial charge on any atom is -0.508 e. The molecule has 1 amide bonds. The fourth-order valence-corrected chi connectivity index (χ4v) is 1.81. The predicted octanol–water partition coefficient (Wildman–Crippen LogP) is 2.26. The molecule has 21 heavy (non-hydrogen) atoms. The lowest BCUT2D eigenvalue weighted by Gasteiger charge is -2.11. The Morgan fingerprint density at radius 1 is 1.10 bits per heavy atom. The van der Waals surface area contributed by atoms with E-state index in [0.29, 0.717) is 5.56 Å². The average Bonchev–Trinajstić information content (AvgIpc) is 2.52. The lowest BCUT2D eigenvalue weighted by molar-refractivity contribution is -0.116. The van der Waals surface area contributed by atoms with Gasteiger partial charge < -0.3 is 15.5 Å². The second-order valence-corrected chi connectivity index (χ2v) is 4.60. The normalized spacial score (nSPS) is 12.2. The van der Waals surface area contributed by atoms with Gasteiger partial charge in [-0.3, -0.25) is 4.79 Å². The number of aliphatic hydroxyl groups is 1. The molecule has 0 saturated carbocycles. The zero-order chi connectivity index (χ0) is 15.1. The van der Waals surface area contributed by atoms with Crippen LogP contribution >= 0.6 is 0 Å². The highest BCUT2D eigenvalue weighted by Gasteiger charge is 2.08. The highest BCUT2D eigenvalue weighted by atomic mass is 16.3. The minimum absolute atomic E-state index is 0.114. The monoisotopic (exact) mass is 283 g/mol. The summed E-state index contributed by atoms with van der Waals surface area (Å²) in [5.74, 6) is -0.127. The SMILES string of the molecule is O=C(/C=C/c1ccccc1)NC[C@@H](O)c1ccc(O)cc1. The molecule has 0 spiro atoms. The van der Waals surface area contributed by atoms with E-state index in [-0.39, 0.29) is 18.2 Å². The second kappa shape index (κ2) is 7.26. The summed E-state index contributed by atoms with van der Waals surface area (Å²) in [6.07, 6.45) is 2.33. The third-order valence-corrected chi connectivity index (χ3v) is 2.97. The number of carbonyl (C=O) groups is 1. The molecule has 4 heteroatoms. The van der Waals surface area contributed by atoms with Gasteiger partial charge in [-0.25, -0.2) is 0 Å². The zero-order valence-corrected chi connectivity index (χ0v) is 11.4. The molecule has 0 heterocycles. The first-order valence-corrected chi connectivity index (χ1v) is 6.63. The van der Waals surface area contributed by atoms with Crippen LogP contribution in [0.2, 0.25) is 0 Å². The molecule has 3 N–H and O–H groups in total. The number of aromatic hydroxyl groups is 1. The van der Waals surface area contributed by atoms with E-state index >= 15 is 0 Å². The predicted molar refractivity (Wildman–Crippen MR) is 81.6 cm³/mol. The lowest BCUT2D eigenvalue weighted by Crippen LogP contribution is -2.26. The number of nitrogens with one attached hydrogen (secondary N) is 1. The van der Waals surface area contributed by atoms with Crippen LogP contribution in [0.3, 0.4) is 0 Å². The molecule has 0 saturated heterocycles. The Balaban J connectivity index is 1.83. The van der Waals surface area contributed by atoms with E-state index in [4.69, 9.17) is 0 Å². The molecule has 0 unspecified atom stereocenters. The molecule has 2 aromatic carbocycles. The van der Waals surface area contributed by atoms with Gasteiger partial charge in [0.05, 0.1) is 6.10 Å². The van der Waals surface area contributed by atoms with Crippen LogP contribution in [0.1, 0.15) is 17.2 Å². The van der Waals surface area contributed by atoms with Crippen molar-refractivity contribution >= 4 is 12.0 Å². The molecule has 0 aliphatic carbocycles. The third kappa shape index (κ3) is 4.78. The molecule has 0 fully saturated rings. The maximum absolute atomic E-state index is 11.7. The first kappa shape index (κ1) is 14.8. The van der Waals surface area contributed by atoms with Crippen molar-refractivity contribution in [2.24, 2.45) is 0 Å². The third-order valence-electron chi connectivity index (χ3n) is 2.97. The summed E-state index contributed by atoms with van der Waals surface area (Å²) >= 11 is 0. The molecule has 108 valence electrons. The van der Waals surface area contributed by atoms with Gasteiger partial charge in [-0.2, -0.15) is 0 Å². The zero-order valence-electron chi connectivity index (χ0n) is 11.4. The standard InChI is InChI=1S/C17H17NO3/c19-15-9-7-14(8-10-15)16(20)12-18-17(21)11-6-13-4-2-1-3-5-13/h1-11,16,19-20H,12H2,(H,18,21)/b11-6+/t16-/m1/s1. The highest BCUT2D eigenvalue weighted by Crippen LogP contribution is 2.15. The van der Waals surface area contributed by atoms with Crippen molar-refractivity contribution in [1.29, 1.82) is 0 Å². The van der Waals surface area contributed by atoms with Crippen LogP contribution in [0, 0.1) is 0 Å². The summed E-state index contributed by atoms with van der Waals surface area (Å²) in [5, 5.41) is 21.7. The van der Waals surface area contributed by atoms with Crippen LogP contribution in [-0.4, -0.2) is 22.7 Å². The van der Waals surface area contributed by atoms with Gasteiger partial charge in [0.2, 0.25) is 5.91 Å². The quantitative estimate of drug-likeness (QED) is 0.737. The number of phenols is 1. The Labute approximate surface area is 123 Å². The summed E-state index contributed by atoms with van der Waals surface area (Å²) < 4.78 is 0. The van der Waals surface area contributed by atoms with Gasteiger partial charge in [-0.1, -0.05) is 42.5 Å². The van der Waals surface area contributed by atoms with E-state index in [0.717, 1.165) is 5.56 Å². The molecule has 0 aliphatic rings. The first-order chi connectivity index (χ1) is 10.1. The lowest BCUT2D eigenvalue weighted by atomic mass is 10.1. The Morgan fingerprint density at radius 3 is 2.43 bits per heavy atom. The summed E-state index contributed by atoms with van der Waals surface area (Å²) in [6.45, 7) is 0.114. The van der Waals surface area contributed by atoms with E-state index in [9.17, 15) is 15.0 Å². The van der Waals surface area contributed by atoms with Gasteiger partial charge in [-0.15, -0.1) is 0 Å². The van der Waals surface area contributed by atoms with Crippen molar-refractivity contribution < 1.29 is 15.0 Å². The molecule has 0 radical (unpaired) electrons. The first-order valence-electron chi connectivity index (χ1n) is 6.63. The van der Waals surface area contributed by atoms with Crippen molar-refractivity contribution in [2.75, 3.05) is 6.54 Å². The van der Waals surface area contributed by atoms with Gasteiger partial charge in [0.25, 0.3) is 0 Å². The van der Waals surface area contributed by atoms with Gasteiger partial charge in [0.1, 0.15) is 5.75 Å². The Kier molecular flexibility index (Phi) is 5.12. The van der Waals surface area contributed by atoms with E-state index in [1.165, 1.54) is 18.2 Å². The fraction of sp³-hybridized carbons (Fsp3) is 0.118. The number of rotatable bonds is 5. The van der Waals surface area contributed by atoms with E-state index in [1.807, 2.05) is 30.3 Å². The van der Waals surface area contributed by atoms with Crippen LogP contribution in [-0.2, 0) is 4.79 Å². The largest absolute Gasteiger partial charge is 0.508 e. The molecule has 2 aromatic rings. The van der Waals surface area contributed by atoms with Gasteiger partial charge in [-0.05, 0) is 29.3 Å². The van der Waals surface area contributed by atoms with Crippen molar-refractivity contribution in [2.45, 2.75) is 6.10 Å². The summed E-state index contributed by atoms with van der Waals surface area (Å²) in [7, 11) is 0. The maximum Gasteiger partial charge on any atom is 0.244 e. The van der Waals surface area contributed by atoms with Crippen molar-refractivity contribution in [1.82, 2.24) is 5.32 Å². The fourth-order valence-electron chi connectivity index (χ4n) is 1.81. The minimum atomic E-state index is -0.806. The Hall–Kier alpha value is -2.59. The molecule has 0 aliphatic heterocycles. The van der Waals surface area contributed by atoms with E-state index < -0.39 is 6.10 Å².